The Morgan fingerprint density at radius 1 is 0.640 bits per heavy atom. The van der Waals surface area contributed by atoms with Gasteiger partial charge in [-0.25, -0.2) is 0 Å². The monoisotopic (exact) mass is 329 g/mol. The number of aromatic nitrogens is 1. The zero-order chi connectivity index (χ0) is 17.2. The van der Waals surface area contributed by atoms with Gasteiger partial charge in [0.25, 0.3) is 0 Å². The van der Waals surface area contributed by atoms with E-state index in [1.165, 1.54) is 16.7 Å². The molecule has 4 rings (SSSR count). The molecule has 1 fully saturated rings. The van der Waals surface area contributed by atoms with Gasteiger partial charge in [0.05, 0.1) is 18.2 Å². The van der Waals surface area contributed by atoms with Crippen molar-refractivity contribution in [3.8, 4) is 0 Å². The van der Waals surface area contributed by atoms with Crippen LogP contribution in [0.15, 0.2) is 85.2 Å². The van der Waals surface area contributed by atoms with Crippen LogP contribution in [0.2, 0.25) is 0 Å². The smallest absolute Gasteiger partial charge is 0.0907 e. The molecule has 0 unspecified atom stereocenters. The highest BCUT2D eigenvalue weighted by Crippen LogP contribution is 2.50. The molecule has 0 spiro atoms. The molecule has 3 heteroatoms. The van der Waals surface area contributed by atoms with Crippen LogP contribution in [0.1, 0.15) is 34.9 Å². The molecule has 0 radical (unpaired) electrons. The summed E-state index contributed by atoms with van der Waals surface area (Å²) in [5.41, 5.74) is 3.92. The molecule has 0 aliphatic carbocycles. The Labute approximate surface area is 149 Å². The van der Waals surface area contributed by atoms with Gasteiger partial charge < -0.3 is 0 Å². The number of pyridine rings is 1. The number of likely N-dealkylation sites (N-methyl/N-ethyl adjacent to an activating group) is 2. The zero-order valence-electron chi connectivity index (χ0n) is 14.7. The first kappa shape index (κ1) is 16.0. The standard InChI is InChI=1S/C22H23N3/c1-24-20(17-10-5-3-6-11-17)21(18-12-7-4-8-13-18)25(2)22(24)19-14-9-15-23-16-19/h3-16,20-22H,1-2H3/t20-,21-/m0/s1. The summed E-state index contributed by atoms with van der Waals surface area (Å²) in [6.07, 6.45) is 4.01. The predicted molar refractivity (Wildman–Crippen MR) is 101 cm³/mol. The summed E-state index contributed by atoms with van der Waals surface area (Å²) < 4.78 is 0. The first-order valence-electron chi connectivity index (χ1n) is 8.71. The Balaban J connectivity index is 1.82. The number of hydrogen-bond acceptors (Lipinski definition) is 3. The molecule has 0 N–H and O–H groups in total. The molecule has 3 aromatic rings. The molecule has 1 aliphatic rings. The predicted octanol–water partition coefficient (Wildman–Crippen LogP) is 4.44. The lowest BCUT2D eigenvalue weighted by Crippen LogP contribution is -2.26. The second kappa shape index (κ2) is 6.79. The normalized spacial score (nSPS) is 22.3. The molecule has 2 atom stereocenters. The molecule has 0 amide bonds. The average molecular weight is 329 g/mol. The maximum Gasteiger partial charge on any atom is 0.0907 e. The second-order valence-corrected chi connectivity index (χ2v) is 6.70. The second-order valence-electron chi connectivity index (χ2n) is 6.70. The van der Waals surface area contributed by atoms with Crippen molar-refractivity contribution < 1.29 is 0 Å². The SMILES string of the molecule is CN1C(c2cccnc2)N(C)[C@@H](c2ccccc2)[C@@H]1c1ccccc1. The molecule has 2 aromatic carbocycles. The largest absolute Gasteiger partial charge is 0.278 e. The van der Waals surface area contributed by atoms with Crippen molar-refractivity contribution in [2.24, 2.45) is 0 Å². The summed E-state index contributed by atoms with van der Waals surface area (Å²) in [6, 6.07) is 26.4. The van der Waals surface area contributed by atoms with E-state index in [9.17, 15) is 0 Å². The van der Waals surface area contributed by atoms with Crippen molar-refractivity contribution >= 4 is 0 Å². The van der Waals surface area contributed by atoms with E-state index in [1.807, 2.05) is 18.5 Å². The summed E-state index contributed by atoms with van der Waals surface area (Å²) in [5, 5.41) is 0. The average Bonchev–Trinajstić information content (AvgIpc) is 2.94. The number of rotatable bonds is 3. The molecule has 2 heterocycles. The lowest BCUT2D eigenvalue weighted by molar-refractivity contribution is 0.164. The van der Waals surface area contributed by atoms with Gasteiger partial charge in [-0.3, -0.25) is 14.8 Å². The van der Waals surface area contributed by atoms with E-state index in [4.69, 9.17) is 0 Å². The lowest BCUT2D eigenvalue weighted by Gasteiger charge is -2.27. The fourth-order valence-corrected chi connectivity index (χ4v) is 4.17. The number of benzene rings is 2. The van der Waals surface area contributed by atoms with Crippen LogP contribution in [0.25, 0.3) is 0 Å². The van der Waals surface area contributed by atoms with Crippen LogP contribution >= 0.6 is 0 Å². The highest BCUT2D eigenvalue weighted by molar-refractivity contribution is 5.31. The van der Waals surface area contributed by atoms with Gasteiger partial charge in [-0.2, -0.15) is 0 Å². The van der Waals surface area contributed by atoms with Crippen LogP contribution < -0.4 is 0 Å². The van der Waals surface area contributed by atoms with E-state index in [0.717, 1.165) is 0 Å². The number of hydrogen-bond donors (Lipinski definition) is 0. The van der Waals surface area contributed by atoms with Gasteiger partial charge >= 0.3 is 0 Å². The van der Waals surface area contributed by atoms with Crippen LogP contribution in [-0.2, 0) is 0 Å². The van der Waals surface area contributed by atoms with Crippen molar-refractivity contribution in [3.63, 3.8) is 0 Å². The molecule has 1 saturated heterocycles. The van der Waals surface area contributed by atoms with Gasteiger partial charge in [0.1, 0.15) is 0 Å². The van der Waals surface area contributed by atoms with Crippen LogP contribution in [-0.4, -0.2) is 28.9 Å². The molecular formula is C22H23N3. The number of nitrogens with zero attached hydrogens (tertiary/aromatic N) is 3. The molecular weight excluding hydrogens is 306 g/mol. The van der Waals surface area contributed by atoms with E-state index < -0.39 is 0 Å². The maximum absolute atomic E-state index is 4.34. The van der Waals surface area contributed by atoms with Crippen LogP contribution in [0.4, 0.5) is 0 Å². The minimum atomic E-state index is 0.198. The van der Waals surface area contributed by atoms with Crippen molar-refractivity contribution in [2.75, 3.05) is 14.1 Å². The van der Waals surface area contributed by atoms with Crippen molar-refractivity contribution in [1.29, 1.82) is 0 Å². The Kier molecular flexibility index (Phi) is 4.35. The van der Waals surface area contributed by atoms with Crippen molar-refractivity contribution in [2.45, 2.75) is 18.2 Å². The fraction of sp³-hybridized carbons (Fsp3) is 0.227. The van der Waals surface area contributed by atoms with E-state index in [2.05, 4.69) is 95.6 Å². The highest BCUT2D eigenvalue weighted by Gasteiger charge is 2.45. The maximum atomic E-state index is 4.34. The van der Waals surface area contributed by atoms with Gasteiger partial charge in [0.15, 0.2) is 0 Å². The molecule has 0 bridgehead atoms. The first-order chi connectivity index (χ1) is 12.3. The summed E-state index contributed by atoms with van der Waals surface area (Å²) >= 11 is 0. The quantitative estimate of drug-likeness (QED) is 0.708. The molecule has 3 nitrogen and oxygen atoms in total. The van der Waals surface area contributed by atoms with Crippen LogP contribution in [0, 0.1) is 0 Å². The molecule has 1 aliphatic heterocycles. The van der Waals surface area contributed by atoms with E-state index in [1.54, 1.807) is 0 Å². The van der Waals surface area contributed by atoms with E-state index in [-0.39, 0.29) is 6.17 Å². The minimum Gasteiger partial charge on any atom is -0.278 e. The van der Waals surface area contributed by atoms with Crippen LogP contribution in [0.3, 0.4) is 0 Å². The third-order valence-electron chi connectivity index (χ3n) is 5.21. The Bertz CT molecular complexity index is 753. The Hall–Kier alpha value is -2.49. The van der Waals surface area contributed by atoms with Gasteiger partial charge in [0, 0.05) is 18.0 Å². The topological polar surface area (TPSA) is 19.4 Å². The minimum absolute atomic E-state index is 0.198. The third-order valence-corrected chi connectivity index (χ3v) is 5.21. The summed E-state index contributed by atoms with van der Waals surface area (Å²) in [6.45, 7) is 0. The molecule has 25 heavy (non-hydrogen) atoms. The zero-order valence-corrected chi connectivity index (χ0v) is 14.7. The first-order valence-corrected chi connectivity index (χ1v) is 8.71. The van der Waals surface area contributed by atoms with Gasteiger partial charge in [-0.1, -0.05) is 66.7 Å². The fourth-order valence-electron chi connectivity index (χ4n) is 4.17. The summed E-state index contributed by atoms with van der Waals surface area (Å²) in [7, 11) is 4.43. The lowest BCUT2D eigenvalue weighted by atomic mass is 9.93. The summed E-state index contributed by atoms with van der Waals surface area (Å²) in [5.74, 6) is 0. The molecule has 0 saturated carbocycles. The van der Waals surface area contributed by atoms with Gasteiger partial charge in [-0.15, -0.1) is 0 Å². The van der Waals surface area contributed by atoms with Crippen molar-refractivity contribution in [3.05, 3.63) is 102 Å². The third kappa shape index (κ3) is 2.86. The Morgan fingerprint density at radius 2 is 1.12 bits per heavy atom. The molecule has 126 valence electrons. The summed E-state index contributed by atoms with van der Waals surface area (Å²) in [4.78, 5) is 9.27. The van der Waals surface area contributed by atoms with Gasteiger partial charge in [0.2, 0.25) is 0 Å². The van der Waals surface area contributed by atoms with Crippen molar-refractivity contribution in [1.82, 2.24) is 14.8 Å². The molecule has 1 aromatic heterocycles. The van der Waals surface area contributed by atoms with Gasteiger partial charge in [-0.05, 0) is 31.3 Å². The van der Waals surface area contributed by atoms with E-state index in [0.29, 0.717) is 12.1 Å². The highest BCUT2D eigenvalue weighted by atomic mass is 15.4. The van der Waals surface area contributed by atoms with E-state index >= 15 is 0 Å². The van der Waals surface area contributed by atoms with Crippen LogP contribution in [0.5, 0.6) is 0 Å². The Morgan fingerprint density at radius 3 is 1.56 bits per heavy atom.